The molecule has 1 fully saturated rings. The fourth-order valence-corrected chi connectivity index (χ4v) is 2.89. The molecule has 1 saturated heterocycles. The lowest BCUT2D eigenvalue weighted by Crippen LogP contribution is -2.49. The van der Waals surface area contributed by atoms with E-state index in [4.69, 9.17) is 9.47 Å². The fourth-order valence-electron chi connectivity index (χ4n) is 2.63. The van der Waals surface area contributed by atoms with Crippen LogP contribution in [0.2, 0.25) is 0 Å². The molecule has 3 rings (SSSR count). The molecule has 0 spiro atoms. The van der Waals surface area contributed by atoms with Crippen LogP contribution in [0.1, 0.15) is 6.42 Å². The Balaban J connectivity index is 1.50. The van der Waals surface area contributed by atoms with Crippen LogP contribution in [0.15, 0.2) is 53.0 Å². The largest absolute Gasteiger partial charge is 0.497 e. The molecule has 1 heterocycles. The molecule has 1 aliphatic heterocycles. The number of hydrogen-bond acceptors (Lipinski definition) is 6. The zero-order chi connectivity index (χ0) is 20.1. The highest BCUT2D eigenvalue weighted by molar-refractivity contribution is 9.10. The molecule has 2 N–H and O–H groups in total. The van der Waals surface area contributed by atoms with E-state index in [2.05, 4.69) is 26.8 Å². The number of rotatable bonds is 7. The Morgan fingerprint density at radius 1 is 1.11 bits per heavy atom. The Hall–Kier alpha value is -2.91. The minimum Gasteiger partial charge on any atom is -0.497 e. The first-order valence-corrected chi connectivity index (χ1v) is 9.21. The smallest absolute Gasteiger partial charge is 0.272 e. The van der Waals surface area contributed by atoms with Crippen LogP contribution in [0.5, 0.6) is 11.5 Å². The van der Waals surface area contributed by atoms with E-state index < -0.39 is 17.9 Å². The average molecular weight is 448 g/mol. The van der Waals surface area contributed by atoms with Crippen LogP contribution in [-0.2, 0) is 14.4 Å². The van der Waals surface area contributed by atoms with E-state index in [-0.39, 0.29) is 18.9 Å². The van der Waals surface area contributed by atoms with Crippen molar-refractivity contribution in [2.75, 3.05) is 18.6 Å². The predicted molar refractivity (Wildman–Crippen MR) is 105 cm³/mol. The molecule has 0 radical (unpaired) electrons. The van der Waals surface area contributed by atoms with Crippen LogP contribution in [0.4, 0.5) is 5.69 Å². The molecule has 2 aromatic rings. The monoisotopic (exact) mass is 447 g/mol. The Morgan fingerprint density at radius 2 is 1.75 bits per heavy atom. The fraction of sp³-hybridized carbons (Fsp3) is 0.211. The first kappa shape index (κ1) is 19.8. The van der Waals surface area contributed by atoms with Gasteiger partial charge in [0.2, 0.25) is 5.91 Å². The molecule has 0 saturated carbocycles. The highest BCUT2D eigenvalue weighted by atomic mass is 79.9. The number of carbonyl (C=O) groups excluding carboxylic acids is 3. The lowest BCUT2D eigenvalue weighted by atomic mass is 10.2. The molecule has 0 aliphatic carbocycles. The molecule has 28 heavy (non-hydrogen) atoms. The number of nitrogens with zero attached hydrogens (tertiary/aromatic N) is 1. The summed E-state index contributed by atoms with van der Waals surface area (Å²) in [5, 5.41) is 0. The van der Waals surface area contributed by atoms with Gasteiger partial charge in [-0.25, -0.2) is 10.3 Å². The number of anilines is 1. The Kier molecular flexibility index (Phi) is 6.27. The second-order valence-corrected chi connectivity index (χ2v) is 6.87. The molecule has 146 valence electrons. The summed E-state index contributed by atoms with van der Waals surface area (Å²) in [5.74, 6) is -0.0573. The number of halogens is 1. The van der Waals surface area contributed by atoms with Crippen LogP contribution in [-0.4, -0.2) is 37.5 Å². The minimum absolute atomic E-state index is 0.0471. The van der Waals surface area contributed by atoms with Crippen molar-refractivity contribution in [3.8, 4) is 11.5 Å². The van der Waals surface area contributed by atoms with Crippen LogP contribution in [0.3, 0.4) is 0 Å². The van der Waals surface area contributed by atoms with Gasteiger partial charge in [-0.2, -0.15) is 0 Å². The topological polar surface area (TPSA) is 97.0 Å². The van der Waals surface area contributed by atoms with Crippen molar-refractivity contribution in [1.29, 1.82) is 0 Å². The molecule has 9 heteroatoms. The van der Waals surface area contributed by atoms with E-state index >= 15 is 0 Å². The Bertz CT molecular complexity index is 870. The van der Waals surface area contributed by atoms with Gasteiger partial charge in [0.15, 0.2) is 6.61 Å². The van der Waals surface area contributed by atoms with E-state index in [0.29, 0.717) is 17.2 Å². The lowest BCUT2D eigenvalue weighted by Gasteiger charge is -2.16. The lowest BCUT2D eigenvalue weighted by molar-refractivity contribution is -0.125. The summed E-state index contributed by atoms with van der Waals surface area (Å²) in [6.45, 7) is -0.245. The normalized spacial score (nSPS) is 16.2. The highest BCUT2D eigenvalue weighted by Gasteiger charge is 2.39. The van der Waals surface area contributed by atoms with Gasteiger partial charge in [0, 0.05) is 4.47 Å². The molecular weight excluding hydrogens is 430 g/mol. The van der Waals surface area contributed by atoms with Crippen molar-refractivity contribution in [2.45, 2.75) is 12.5 Å². The van der Waals surface area contributed by atoms with Gasteiger partial charge in [0.05, 0.1) is 19.2 Å². The summed E-state index contributed by atoms with van der Waals surface area (Å²) in [6, 6.07) is 12.8. The predicted octanol–water partition coefficient (Wildman–Crippen LogP) is 1.79. The van der Waals surface area contributed by atoms with Crippen LogP contribution in [0, 0.1) is 0 Å². The third-order valence-electron chi connectivity index (χ3n) is 4.05. The maximum Gasteiger partial charge on any atom is 0.272 e. The summed E-state index contributed by atoms with van der Waals surface area (Å²) in [6.07, 6.45) is -0.0471. The van der Waals surface area contributed by atoms with Crippen LogP contribution in [0.25, 0.3) is 0 Å². The maximum atomic E-state index is 12.5. The van der Waals surface area contributed by atoms with Crippen molar-refractivity contribution in [3.63, 3.8) is 0 Å². The number of carbonyl (C=O) groups is 3. The quantitative estimate of drug-likeness (QED) is 0.496. The van der Waals surface area contributed by atoms with Crippen molar-refractivity contribution >= 4 is 39.3 Å². The van der Waals surface area contributed by atoms with E-state index in [1.54, 1.807) is 55.6 Å². The summed E-state index contributed by atoms with van der Waals surface area (Å²) < 4.78 is 11.2. The Labute approximate surface area is 169 Å². The Morgan fingerprint density at radius 3 is 2.39 bits per heavy atom. The molecule has 3 amide bonds. The minimum atomic E-state index is -0.832. The summed E-state index contributed by atoms with van der Waals surface area (Å²) in [7, 11) is 1.56. The zero-order valence-electron chi connectivity index (χ0n) is 15.0. The van der Waals surface area contributed by atoms with E-state index in [1.165, 1.54) is 0 Å². The number of nitrogens with one attached hydrogen (secondary N) is 2. The van der Waals surface area contributed by atoms with Gasteiger partial charge < -0.3 is 9.47 Å². The molecule has 1 aliphatic rings. The molecule has 0 unspecified atom stereocenters. The summed E-state index contributed by atoms with van der Waals surface area (Å²) in [4.78, 5) is 37.7. The van der Waals surface area contributed by atoms with Gasteiger partial charge in [-0.15, -0.1) is 0 Å². The maximum absolute atomic E-state index is 12.5. The van der Waals surface area contributed by atoms with Gasteiger partial charge in [0.25, 0.3) is 11.8 Å². The number of amides is 3. The van der Waals surface area contributed by atoms with E-state index in [1.807, 2.05) is 0 Å². The van der Waals surface area contributed by atoms with Gasteiger partial charge in [0.1, 0.15) is 17.5 Å². The molecule has 2 aromatic carbocycles. The van der Waals surface area contributed by atoms with Crippen LogP contribution >= 0.6 is 15.9 Å². The summed E-state index contributed by atoms with van der Waals surface area (Å²) >= 11 is 3.31. The molecule has 1 atom stereocenters. The van der Waals surface area contributed by atoms with Crippen molar-refractivity contribution in [3.05, 3.63) is 53.0 Å². The third-order valence-corrected chi connectivity index (χ3v) is 4.58. The number of hydrogen-bond donors (Lipinski definition) is 2. The molecule has 8 nitrogen and oxygen atoms in total. The van der Waals surface area contributed by atoms with Crippen molar-refractivity contribution in [1.82, 2.24) is 10.9 Å². The SMILES string of the molecule is COc1ccc(OCC(=O)NN[C@@H]2CC(=O)N(c3ccc(Br)cc3)C2=O)cc1. The van der Waals surface area contributed by atoms with E-state index in [0.717, 1.165) is 9.37 Å². The van der Waals surface area contributed by atoms with Gasteiger partial charge in [-0.05, 0) is 48.5 Å². The zero-order valence-corrected chi connectivity index (χ0v) is 16.6. The average Bonchev–Trinajstić information content (AvgIpc) is 2.99. The van der Waals surface area contributed by atoms with Gasteiger partial charge >= 0.3 is 0 Å². The van der Waals surface area contributed by atoms with Gasteiger partial charge in [-0.1, -0.05) is 15.9 Å². The number of imide groups is 1. The first-order chi connectivity index (χ1) is 13.5. The number of hydrazine groups is 1. The standard InChI is InChI=1S/C19H18BrN3O5/c1-27-14-6-8-15(9-7-14)28-11-17(24)22-21-16-10-18(25)23(19(16)26)13-4-2-12(20)3-5-13/h2-9,16,21H,10-11H2,1H3,(H,22,24)/t16-/m1/s1. The highest BCUT2D eigenvalue weighted by Crippen LogP contribution is 2.24. The third kappa shape index (κ3) is 4.68. The van der Waals surface area contributed by atoms with Gasteiger partial charge in [-0.3, -0.25) is 19.8 Å². The second-order valence-electron chi connectivity index (χ2n) is 5.96. The van der Waals surface area contributed by atoms with Crippen LogP contribution < -0.4 is 25.2 Å². The van der Waals surface area contributed by atoms with E-state index in [9.17, 15) is 14.4 Å². The molecular formula is C19H18BrN3O5. The second kappa shape index (κ2) is 8.85. The number of ether oxygens (including phenoxy) is 2. The first-order valence-electron chi connectivity index (χ1n) is 8.41. The van der Waals surface area contributed by atoms with Crippen molar-refractivity contribution in [2.24, 2.45) is 0 Å². The number of methoxy groups -OCH3 is 1. The molecule has 0 aromatic heterocycles. The summed E-state index contributed by atoms with van der Waals surface area (Å²) in [5.41, 5.74) is 5.49. The number of benzene rings is 2. The van der Waals surface area contributed by atoms with Crippen molar-refractivity contribution < 1.29 is 23.9 Å². The molecule has 0 bridgehead atoms.